The molecular weight excluding hydrogens is 520 g/mol. The highest BCUT2D eigenvalue weighted by Gasteiger charge is 2.47. The summed E-state index contributed by atoms with van der Waals surface area (Å²) in [6, 6.07) is 3.76. The van der Waals surface area contributed by atoms with E-state index in [0.29, 0.717) is 27.9 Å². The molecule has 2 saturated heterocycles. The number of aromatic nitrogens is 3. The van der Waals surface area contributed by atoms with Crippen LogP contribution in [0.25, 0.3) is 11.2 Å². The van der Waals surface area contributed by atoms with Gasteiger partial charge in [0.05, 0.1) is 11.4 Å². The lowest BCUT2D eigenvalue weighted by Crippen LogP contribution is -2.71. The molecule has 0 saturated carbocycles. The summed E-state index contributed by atoms with van der Waals surface area (Å²) in [4.78, 5) is 36.9. The second-order valence-electron chi connectivity index (χ2n) is 9.18. The van der Waals surface area contributed by atoms with Crippen LogP contribution < -0.4 is 15.9 Å². The molecule has 2 N–H and O–H groups in total. The zero-order chi connectivity index (χ0) is 28.7. The van der Waals surface area contributed by atoms with E-state index in [1.54, 1.807) is 38.3 Å². The molecule has 0 aromatic carbocycles. The molecule has 9 nitrogen and oxygen atoms in total. The van der Waals surface area contributed by atoms with Gasteiger partial charge < -0.3 is 15.3 Å². The maximum atomic E-state index is 14.6. The maximum Gasteiger partial charge on any atom is 0.355 e. The Hall–Kier alpha value is -4.13. The molecule has 13 heteroatoms. The van der Waals surface area contributed by atoms with Gasteiger partial charge >= 0.3 is 11.7 Å². The van der Waals surface area contributed by atoms with Crippen LogP contribution in [-0.4, -0.2) is 70.9 Å². The second-order valence-corrected chi connectivity index (χ2v) is 9.18. The third kappa shape index (κ3) is 7.25. The van der Waals surface area contributed by atoms with E-state index >= 15 is 0 Å². The lowest BCUT2D eigenvalue weighted by atomic mass is 9.74. The summed E-state index contributed by atoms with van der Waals surface area (Å²) in [5, 5.41) is 10.7. The summed E-state index contributed by atoms with van der Waals surface area (Å²) < 4.78 is 45.8. The first-order valence-electron chi connectivity index (χ1n) is 11.8. The van der Waals surface area contributed by atoms with Gasteiger partial charge in [-0.1, -0.05) is 6.58 Å². The van der Waals surface area contributed by atoms with Gasteiger partial charge in [-0.25, -0.2) is 36.5 Å². The number of carboxylic acid groups (broad SMARTS) is 1. The van der Waals surface area contributed by atoms with E-state index in [0.717, 1.165) is 31.9 Å². The van der Waals surface area contributed by atoms with Gasteiger partial charge in [-0.2, -0.15) is 4.98 Å². The highest BCUT2D eigenvalue weighted by atomic mass is 19.3. The van der Waals surface area contributed by atoms with Crippen molar-refractivity contribution in [3.05, 3.63) is 76.5 Å². The van der Waals surface area contributed by atoms with Crippen LogP contribution in [-0.2, 0) is 4.79 Å². The summed E-state index contributed by atoms with van der Waals surface area (Å²) >= 11 is 0. The van der Waals surface area contributed by atoms with Crippen molar-refractivity contribution in [3.63, 3.8) is 0 Å². The first-order valence-corrected chi connectivity index (χ1v) is 11.8. The van der Waals surface area contributed by atoms with Crippen molar-refractivity contribution in [2.24, 2.45) is 10.4 Å². The Kier molecular flexibility index (Phi) is 9.51. The van der Waals surface area contributed by atoms with E-state index < -0.39 is 31.1 Å². The number of carbonyl (C=O) groups is 1. The van der Waals surface area contributed by atoms with Gasteiger partial charge in [0.2, 0.25) is 6.93 Å². The minimum absolute atomic E-state index is 0. The molecule has 0 aliphatic carbocycles. The molecule has 212 valence electrons. The van der Waals surface area contributed by atoms with Crippen LogP contribution in [0.1, 0.15) is 22.5 Å². The lowest BCUT2D eigenvalue weighted by molar-refractivity contribution is -0.137. The fraction of sp³-hybridized carbons (Fsp3) is 0.346. The van der Waals surface area contributed by atoms with Crippen molar-refractivity contribution in [2.45, 2.75) is 13.8 Å². The van der Waals surface area contributed by atoms with Crippen LogP contribution in [0.4, 0.5) is 23.2 Å². The highest BCUT2D eigenvalue weighted by Crippen LogP contribution is 2.37. The van der Waals surface area contributed by atoms with Crippen molar-refractivity contribution in [2.75, 3.05) is 44.7 Å². The quantitative estimate of drug-likeness (QED) is 0.552. The number of rotatable bonds is 3. The minimum atomic E-state index is -1.75. The molecule has 5 rings (SSSR count). The van der Waals surface area contributed by atoms with Gasteiger partial charge in [0.1, 0.15) is 11.5 Å². The molecule has 2 fully saturated rings. The standard InChI is InChI=1S/C23H23FN6O.C2H3FO2.CH2F2.2H2/c1-14-6-15(2)26-16(3)19(24)8-17(7-14)21-27-20-5-4-18(9-30(20)22(31)28-21)29-12-23(13-29)10-25-11-23;3-1-2(4)5;2-1-3;;/h4-9,25H,1,10-13H2,2-3H3;1H2,(H,4,5);1H2;2*1H/b15-6-,17-7+,19-8+,26-16-;;;;. The molecule has 0 atom stereocenters. The van der Waals surface area contributed by atoms with Crippen LogP contribution in [0, 0.1) is 5.41 Å². The van der Waals surface area contributed by atoms with Gasteiger partial charge in [-0.3, -0.25) is 4.99 Å². The zero-order valence-corrected chi connectivity index (χ0v) is 21.4. The highest BCUT2D eigenvalue weighted by molar-refractivity contribution is 5.99. The molecule has 3 aliphatic heterocycles. The van der Waals surface area contributed by atoms with E-state index in [4.69, 9.17) is 9.90 Å². The van der Waals surface area contributed by atoms with Gasteiger partial charge in [-0.15, -0.1) is 0 Å². The molecule has 39 heavy (non-hydrogen) atoms. The van der Waals surface area contributed by atoms with Gasteiger partial charge in [0.25, 0.3) is 0 Å². The summed E-state index contributed by atoms with van der Waals surface area (Å²) in [5.41, 5.74) is 3.22. The number of nitrogens with zero attached hydrogens (tertiary/aromatic N) is 5. The Morgan fingerprint density at radius 2 is 1.79 bits per heavy atom. The number of aliphatic imine (C=N–C) groups is 1. The van der Waals surface area contributed by atoms with E-state index in [2.05, 4.69) is 31.8 Å². The van der Waals surface area contributed by atoms with Crippen LogP contribution in [0.3, 0.4) is 0 Å². The summed E-state index contributed by atoms with van der Waals surface area (Å²) in [6.45, 7) is 8.36. The maximum absolute atomic E-state index is 14.6. The number of alkyl halides is 3. The van der Waals surface area contributed by atoms with Gasteiger partial charge in [0.15, 0.2) is 12.5 Å². The van der Waals surface area contributed by atoms with Gasteiger partial charge in [0, 0.05) is 51.9 Å². The number of halogens is 4. The normalized spacial score (nSPS) is 23.1. The largest absolute Gasteiger partial charge is 0.479 e. The molecule has 1 spiro atoms. The smallest absolute Gasteiger partial charge is 0.355 e. The molecule has 0 bridgehead atoms. The van der Waals surface area contributed by atoms with Crippen molar-refractivity contribution in [1.82, 2.24) is 19.7 Å². The first-order chi connectivity index (χ1) is 18.5. The average Bonchev–Trinajstić information content (AvgIpc) is 2.86. The Bertz CT molecular complexity index is 1450. The molecule has 0 unspecified atom stereocenters. The predicted molar refractivity (Wildman–Crippen MR) is 145 cm³/mol. The lowest BCUT2D eigenvalue weighted by Gasteiger charge is -2.57. The first kappa shape index (κ1) is 29.4. The zero-order valence-electron chi connectivity index (χ0n) is 21.4. The van der Waals surface area contributed by atoms with Crippen molar-refractivity contribution in [1.29, 1.82) is 0 Å². The summed E-state index contributed by atoms with van der Waals surface area (Å²) in [7, 11) is 0. The Balaban J connectivity index is 0.000000751. The number of hydrogen-bond acceptors (Lipinski definition) is 7. The number of aliphatic carboxylic acids is 1. The van der Waals surface area contributed by atoms with Crippen LogP contribution >= 0.6 is 0 Å². The third-order valence-electron chi connectivity index (χ3n) is 6.04. The fourth-order valence-electron chi connectivity index (χ4n) is 4.24. The molecule has 3 aliphatic rings. The number of fused-ring (bicyclic) bond motifs is 1. The number of anilines is 1. The minimum Gasteiger partial charge on any atom is -0.479 e. The Labute approximate surface area is 224 Å². The number of hydrogen-bond donors (Lipinski definition) is 2. The molecule has 5 heterocycles. The van der Waals surface area contributed by atoms with Crippen molar-refractivity contribution < 1.29 is 30.3 Å². The van der Waals surface area contributed by atoms with Crippen molar-refractivity contribution in [3.8, 4) is 0 Å². The molecule has 0 radical (unpaired) electrons. The van der Waals surface area contributed by atoms with Crippen LogP contribution in [0.5, 0.6) is 0 Å². The molecule has 0 amide bonds. The van der Waals surface area contributed by atoms with Crippen LogP contribution in [0.2, 0.25) is 0 Å². The molecule has 2 aromatic rings. The van der Waals surface area contributed by atoms with E-state index in [-0.39, 0.29) is 14.4 Å². The van der Waals surface area contributed by atoms with E-state index in [9.17, 15) is 22.4 Å². The summed E-state index contributed by atoms with van der Waals surface area (Å²) in [5.74, 6) is -1.77. The number of nitrogens with one attached hydrogen (secondary N) is 1. The SMILES string of the molecule is C=C1\C=C(C)/N=C(C)\C(F)=C/C(c2nc(=O)n3cc(N4CC5(CNC5)C4)ccc3n2)=C\1.FCF.O=C(O)CF.[HH].[HH]. The topological polar surface area (TPSA) is 112 Å². The van der Waals surface area contributed by atoms with Crippen LogP contribution in [0.15, 0.2) is 70.0 Å². The predicted octanol–water partition coefficient (Wildman–Crippen LogP) is 4.09. The number of carboxylic acids is 1. The van der Waals surface area contributed by atoms with Gasteiger partial charge in [-0.05, 0) is 49.8 Å². The van der Waals surface area contributed by atoms with Crippen molar-refractivity contribution >= 4 is 28.6 Å². The number of pyridine rings is 1. The third-order valence-corrected chi connectivity index (χ3v) is 6.04. The fourth-order valence-corrected chi connectivity index (χ4v) is 4.24. The van der Waals surface area contributed by atoms with E-state index in [1.165, 1.54) is 10.5 Å². The number of allylic oxidation sites excluding steroid dienone is 7. The molecule has 2 aromatic heterocycles. The summed E-state index contributed by atoms with van der Waals surface area (Å²) in [6.07, 6.45) is 6.47. The second kappa shape index (κ2) is 12.6. The molecular formula is C26H32F4N6O3. The Morgan fingerprint density at radius 1 is 1.15 bits per heavy atom. The Morgan fingerprint density at radius 3 is 2.36 bits per heavy atom. The average molecular weight is 553 g/mol. The van der Waals surface area contributed by atoms with E-state index in [1.807, 2.05) is 6.07 Å². The monoisotopic (exact) mass is 552 g/mol.